The molecule has 0 aliphatic carbocycles. The van der Waals surface area contributed by atoms with Crippen molar-refractivity contribution in [3.05, 3.63) is 23.8 Å². The van der Waals surface area contributed by atoms with Gasteiger partial charge in [0.15, 0.2) is 0 Å². The third kappa shape index (κ3) is 5.18. The van der Waals surface area contributed by atoms with Gasteiger partial charge in [-0.3, -0.25) is 4.79 Å². The average molecular weight is 267 g/mol. The smallest absolute Gasteiger partial charge is 0.304 e. The van der Waals surface area contributed by atoms with Crippen LogP contribution in [0.25, 0.3) is 0 Å². The zero-order valence-corrected chi connectivity index (χ0v) is 11.7. The van der Waals surface area contributed by atoms with Gasteiger partial charge in [-0.1, -0.05) is 0 Å². The Morgan fingerprint density at radius 2 is 2.00 bits per heavy atom. The topological polar surface area (TPSA) is 59.0 Å². The Balaban J connectivity index is 2.57. The Kier molecular flexibility index (Phi) is 6.15. The molecular formula is C14H21NO4. The lowest BCUT2D eigenvalue weighted by atomic mass is 10.1. The Bertz CT molecular complexity index is 420. The fourth-order valence-electron chi connectivity index (χ4n) is 1.79. The van der Waals surface area contributed by atoms with E-state index in [2.05, 4.69) is 0 Å². The standard InChI is InChI=1S/C14H21NO4/c1-15(9-7-14(16)17)8-6-11-10-12(18-2)4-5-13(11)19-3/h4-5,10H,6-9H2,1-3H3,(H,16,17). The van der Waals surface area contributed by atoms with E-state index in [-0.39, 0.29) is 6.42 Å². The Morgan fingerprint density at radius 1 is 1.26 bits per heavy atom. The van der Waals surface area contributed by atoms with Crippen LogP contribution < -0.4 is 9.47 Å². The molecule has 1 N–H and O–H groups in total. The number of carboxylic acids is 1. The number of benzene rings is 1. The van der Waals surface area contributed by atoms with E-state index in [1.165, 1.54) is 0 Å². The molecule has 0 saturated carbocycles. The highest BCUT2D eigenvalue weighted by molar-refractivity contribution is 5.66. The van der Waals surface area contributed by atoms with Gasteiger partial charge >= 0.3 is 5.97 Å². The van der Waals surface area contributed by atoms with Crippen LogP contribution in [0.2, 0.25) is 0 Å². The van der Waals surface area contributed by atoms with Crippen molar-refractivity contribution in [3.63, 3.8) is 0 Å². The predicted molar refractivity (Wildman–Crippen MR) is 73.0 cm³/mol. The van der Waals surface area contributed by atoms with Gasteiger partial charge in [0, 0.05) is 13.1 Å². The molecule has 0 aliphatic rings. The van der Waals surface area contributed by atoms with Gasteiger partial charge in [0.25, 0.3) is 0 Å². The second-order valence-corrected chi connectivity index (χ2v) is 4.37. The van der Waals surface area contributed by atoms with Gasteiger partial charge in [0.05, 0.1) is 20.6 Å². The molecule has 0 amide bonds. The number of nitrogens with zero attached hydrogens (tertiary/aromatic N) is 1. The van der Waals surface area contributed by atoms with E-state index < -0.39 is 5.97 Å². The molecule has 0 saturated heterocycles. The molecule has 0 atom stereocenters. The van der Waals surface area contributed by atoms with Crippen LogP contribution in [0.15, 0.2) is 18.2 Å². The molecule has 0 spiro atoms. The van der Waals surface area contributed by atoms with Crippen LogP contribution in [-0.2, 0) is 11.2 Å². The molecule has 19 heavy (non-hydrogen) atoms. The van der Waals surface area contributed by atoms with E-state index in [1.54, 1.807) is 14.2 Å². The monoisotopic (exact) mass is 267 g/mol. The van der Waals surface area contributed by atoms with Gasteiger partial charge in [-0.15, -0.1) is 0 Å². The zero-order chi connectivity index (χ0) is 14.3. The first kappa shape index (κ1) is 15.3. The van der Waals surface area contributed by atoms with Crippen LogP contribution in [0, 0.1) is 0 Å². The average Bonchev–Trinajstić information content (AvgIpc) is 2.42. The van der Waals surface area contributed by atoms with E-state index in [0.717, 1.165) is 30.0 Å². The van der Waals surface area contributed by atoms with Crippen molar-refractivity contribution < 1.29 is 19.4 Å². The number of hydrogen-bond acceptors (Lipinski definition) is 4. The van der Waals surface area contributed by atoms with Gasteiger partial charge in [-0.05, 0) is 37.2 Å². The molecule has 0 unspecified atom stereocenters. The lowest BCUT2D eigenvalue weighted by Gasteiger charge is -2.17. The molecule has 0 aromatic heterocycles. The van der Waals surface area contributed by atoms with Crippen LogP contribution in [0.1, 0.15) is 12.0 Å². The third-order valence-corrected chi connectivity index (χ3v) is 2.96. The highest BCUT2D eigenvalue weighted by Gasteiger charge is 2.07. The molecule has 0 radical (unpaired) electrons. The minimum Gasteiger partial charge on any atom is -0.497 e. The van der Waals surface area contributed by atoms with Crippen LogP contribution in [0.5, 0.6) is 11.5 Å². The first-order chi connectivity index (χ1) is 9.06. The molecule has 0 fully saturated rings. The Hall–Kier alpha value is -1.75. The van der Waals surface area contributed by atoms with Crippen molar-refractivity contribution in [1.82, 2.24) is 4.90 Å². The van der Waals surface area contributed by atoms with Gasteiger partial charge in [0.1, 0.15) is 11.5 Å². The van der Waals surface area contributed by atoms with Crippen molar-refractivity contribution in [2.24, 2.45) is 0 Å². The number of aliphatic carboxylic acids is 1. The fraction of sp³-hybridized carbons (Fsp3) is 0.500. The maximum Gasteiger partial charge on any atom is 0.304 e. The molecule has 1 rings (SSSR count). The lowest BCUT2D eigenvalue weighted by molar-refractivity contribution is -0.137. The number of hydrogen-bond donors (Lipinski definition) is 1. The summed E-state index contributed by atoms with van der Waals surface area (Å²) >= 11 is 0. The molecule has 1 aromatic rings. The maximum absolute atomic E-state index is 10.5. The Labute approximate surface area is 113 Å². The number of rotatable bonds is 8. The number of likely N-dealkylation sites (N-methyl/N-ethyl adjacent to an activating group) is 1. The quantitative estimate of drug-likeness (QED) is 0.776. The Morgan fingerprint density at radius 3 is 2.58 bits per heavy atom. The van der Waals surface area contributed by atoms with Crippen molar-refractivity contribution in [2.45, 2.75) is 12.8 Å². The van der Waals surface area contributed by atoms with Crippen LogP contribution in [0.3, 0.4) is 0 Å². The highest BCUT2D eigenvalue weighted by atomic mass is 16.5. The highest BCUT2D eigenvalue weighted by Crippen LogP contribution is 2.24. The van der Waals surface area contributed by atoms with Crippen LogP contribution >= 0.6 is 0 Å². The zero-order valence-electron chi connectivity index (χ0n) is 11.7. The van der Waals surface area contributed by atoms with Crippen molar-refractivity contribution in [3.8, 4) is 11.5 Å². The van der Waals surface area contributed by atoms with Gasteiger partial charge in [-0.2, -0.15) is 0 Å². The van der Waals surface area contributed by atoms with E-state index in [0.29, 0.717) is 6.54 Å². The van der Waals surface area contributed by atoms with E-state index in [1.807, 2.05) is 30.1 Å². The first-order valence-electron chi connectivity index (χ1n) is 6.18. The maximum atomic E-state index is 10.5. The second kappa shape index (κ2) is 7.63. The molecule has 5 heteroatoms. The van der Waals surface area contributed by atoms with Crippen molar-refractivity contribution in [2.75, 3.05) is 34.4 Å². The van der Waals surface area contributed by atoms with Crippen molar-refractivity contribution >= 4 is 5.97 Å². The van der Waals surface area contributed by atoms with E-state index >= 15 is 0 Å². The second-order valence-electron chi connectivity index (χ2n) is 4.37. The fourth-order valence-corrected chi connectivity index (χ4v) is 1.79. The van der Waals surface area contributed by atoms with Crippen LogP contribution in [-0.4, -0.2) is 50.3 Å². The first-order valence-corrected chi connectivity index (χ1v) is 6.18. The number of ether oxygens (including phenoxy) is 2. The number of carbonyl (C=O) groups is 1. The summed E-state index contributed by atoms with van der Waals surface area (Å²) < 4.78 is 10.5. The van der Waals surface area contributed by atoms with Gasteiger partial charge < -0.3 is 19.5 Å². The predicted octanol–water partition coefficient (Wildman–Crippen LogP) is 1.65. The SMILES string of the molecule is COc1ccc(OC)c(CCN(C)CCC(=O)O)c1. The lowest BCUT2D eigenvalue weighted by Crippen LogP contribution is -2.24. The molecule has 1 aromatic carbocycles. The normalized spacial score (nSPS) is 10.5. The van der Waals surface area contributed by atoms with Crippen LogP contribution in [0.4, 0.5) is 0 Å². The molecule has 0 heterocycles. The minimum atomic E-state index is -0.772. The summed E-state index contributed by atoms with van der Waals surface area (Å²) in [4.78, 5) is 12.5. The largest absolute Gasteiger partial charge is 0.497 e. The van der Waals surface area contributed by atoms with E-state index in [9.17, 15) is 4.79 Å². The molecule has 106 valence electrons. The summed E-state index contributed by atoms with van der Waals surface area (Å²) in [5.74, 6) is 0.849. The summed E-state index contributed by atoms with van der Waals surface area (Å²) in [5, 5.41) is 8.63. The minimum absolute atomic E-state index is 0.158. The van der Waals surface area contributed by atoms with Gasteiger partial charge in [0.2, 0.25) is 0 Å². The summed E-state index contributed by atoms with van der Waals surface area (Å²) in [6.07, 6.45) is 0.947. The van der Waals surface area contributed by atoms with E-state index in [4.69, 9.17) is 14.6 Å². The number of carboxylic acid groups (broad SMARTS) is 1. The van der Waals surface area contributed by atoms with Gasteiger partial charge in [-0.25, -0.2) is 0 Å². The molecular weight excluding hydrogens is 246 g/mol. The molecule has 5 nitrogen and oxygen atoms in total. The summed E-state index contributed by atoms with van der Waals surface area (Å²) in [5.41, 5.74) is 1.06. The summed E-state index contributed by atoms with van der Waals surface area (Å²) in [7, 11) is 5.18. The molecule has 0 bridgehead atoms. The molecule has 0 aliphatic heterocycles. The van der Waals surface area contributed by atoms with Crippen molar-refractivity contribution in [1.29, 1.82) is 0 Å². The number of methoxy groups -OCH3 is 2. The summed E-state index contributed by atoms with van der Waals surface area (Å²) in [6, 6.07) is 5.69. The third-order valence-electron chi connectivity index (χ3n) is 2.96. The summed E-state index contributed by atoms with van der Waals surface area (Å²) in [6.45, 7) is 1.32.